The van der Waals surface area contributed by atoms with Crippen LogP contribution in [0.25, 0.3) is 0 Å². The molecule has 0 aromatic heterocycles. The summed E-state index contributed by atoms with van der Waals surface area (Å²) in [6.07, 6.45) is 2.61. The van der Waals surface area contributed by atoms with Crippen molar-refractivity contribution in [2.75, 3.05) is 19.0 Å². The first-order chi connectivity index (χ1) is 11.0. The second-order valence-electron chi connectivity index (χ2n) is 5.65. The first-order valence-corrected chi connectivity index (χ1v) is 7.97. The van der Waals surface area contributed by atoms with Gasteiger partial charge < -0.3 is 20.5 Å². The van der Waals surface area contributed by atoms with Crippen LogP contribution < -0.4 is 15.4 Å². The van der Waals surface area contributed by atoms with E-state index in [-0.39, 0.29) is 24.4 Å². The molecule has 0 radical (unpaired) electrons. The average Bonchev–Trinajstić information content (AvgIpc) is 2.53. The quantitative estimate of drug-likeness (QED) is 0.740. The zero-order valence-electron chi connectivity index (χ0n) is 13.0. The number of aliphatic carboxylic acids is 1. The number of nitrogens with one attached hydrogen (secondary N) is 2. The lowest BCUT2D eigenvalue weighted by molar-refractivity contribution is -0.142. The van der Waals surface area contributed by atoms with E-state index in [1.807, 2.05) is 0 Å². The Balaban J connectivity index is 1.80. The van der Waals surface area contributed by atoms with Crippen LogP contribution >= 0.6 is 11.6 Å². The van der Waals surface area contributed by atoms with Gasteiger partial charge in [-0.25, -0.2) is 0 Å². The maximum Gasteiger partial charge on any atom is 0.306 e. The molecule has 7 heteroatoms. The Bertz CT molecular complexity index is 571. The lowest BCUT2D eigenvalue weighted by Crippen LogP contribution is -2.41. The van der Waals surface area contributed by atoms with Crippen LogP contribution in [0.15, 0.2) is 18.2 Å². The number of hydrogen-bond acceptors (Lipinski definition) is 4. The van der Waals surface area contributed by atoms with Crippen molar-refractivity contribution in [3.8, 4) is 5.75 Å². The number of carboxylic acid groups (broad SMARTS) is 1. The van der Waals surface area contributed by atoms with Gasteiger partial charge in [-0.3, -0.25) is 9.59 Å². The van der Waals surface area contributed by atoms with Crippen LogP contribution in [0.2, 0.25) is 5.02 Å². The summed E-state index contributed by atoms with van der Waals surface area (Å²) in [6.45, 7) is 0.107. The van der Waals surface area contributed by atoms with E-state index in [0.717, 1.165) is 0 Å². The Kier molecular flexibility index (Phi) is 6.10. The third kappa shape index (κ3) is 5.03. The van der Waals surface area contributed by atoms with Crippen LogP contribution in [-0.4, -0.2) is 36.7 Å². The molecule has 0 heterocycles. The summed E-state index contributed by atoms with van der Waals surface area (Å²) in [4.78, 5) is 22.9. The van der Waals surface area contributed by atoms with E-state index in [4.69, 9.17) is 21.4 Å². The lowest BCUT2D eigenvalue weighted by atomic mass is 9.86. The highest BCUT2D eigenvalue weighted by Gasteiger charge is 2.26. The van der Waals surface area contributed by atoms with E-state index < -0.39 is 5.97 Å². The van der Waals surface area contributed by atoms with Gasteiger partial charge in [0.05, 0.1) is 25.3 Å². The van der Waals surface area contributed by atoms with Gasteiger partial charge in [0.2, 0.25) is 5.91 Å². The fourth-order valence-corrected chi connectivity index (χ4v) is 2.93. The second-order valence-corrected chi connectivity index (χ2v) is 6.09. The summed E-state index contributed by atoms with van der Waals surface area (Å²) in [5, 5.41) is 15.5. The molecule has 3 N–H and O–H groups in total. The molecule has 0 unspecified atom stereocenters. The Hall–Kier alpha value is -1.95. The summed E-state index contributed by atoms with van der Waals surface area (Å²) in [6, 6.07) is 5.19. The fourth-order valence-electron chi connectivity index (χ4n) is 2.76. The molecule has 1 aromatic rings. The Morgan fingerprint density at radius 3 is 2.61 bits per heavy atom. The van der Waals surface area contributed by atoms with Gasteiger partial charge in [0.15, 0.2) is 0 Å². The smallest absolute Gasteiger partial charge is 0.306 e. The van der Waals surface area contributed by atoms with E-state index in [2.05, 4.69) is 10.6 Å². The van der Waals surface area contributed by atoms with Crippen molar-refractivity contribution in [2.45, 2.75) is 31.7 Å². The van der Waals surface area contributed by atoms with Gasteiger partial charge in [-0.2, -0.15) is 0 Å². The summed E-state index contributed by atoms with van der Waals surface area (Å²) in [7, 11) is 1.55. The number of carbonyl (C=O) groups excluding carboxylic acids is 1. The number of carbonyl (C=O) groups is 2. The minimum Gasteiger partial charge on any atom is -0.495 e. The van der Waals surface area contributed by atoms with Gasteiger partial charge in [-0.05, 0) is 43.9 Å². The van der Waals surface area contributed by atoms with Crippen molar-refractivity contribution in [1.82, 2.24) is 5.32 Å². The van der Waals surface area contributed by atoms with Crippen LogP contribution in [0.3, 0.4) is 0 Å². The van der Waals surface area contributed by atoms with E-state index >= 15 is 0 Å². The molecule has 0 spiro atoms. The fraction of sp³-hybridized carbons (Fsp3) is 0.500. The number of methoxy groups -OCH3 is 1. The highest BCUT2D eigenvalue weighted by atomic mass is 35.5. The van der Waals surface area contributed by atoms with Crippen LogP contribution in [0.5, 0.6) is 5.75 Å². The molecule has 0 bridgehead atoms. The highest BCUT2D eigenvalue weighted by molar-refractivity contribution is 6.30. The number of anilines is 1. The minimum atomic E-state index is -0.746. The molecule has 23 heavy (non-hydrogen) atoms. The van der Waals surface area contributed by atoms with Gasteiger partial charge in [0.25, 0.3) is 0 Å². The van der Waals surface area contributed by atoms with Gasteiger partial charge in [0, 0.05) is 11.1 Å². The van der Waals surface area contributed by atoms with Gasteiger partial charge in [-0.1, -0.05) is 11.6 Å². The van der Waals surface area contributed by atoms with Crippen molar-refractivity contribution in [3.63, 3.8) is 0 Å². The van der Waals surface area contributed by atoms with Crippen molar-refractivity contribution in [2.24, 2.45) is 5.92 Å². The molecular formula is C16H21ClN2O4. The Morgan fingerprint density at radius 2 is 2.00 bits per heavy atom. The topological polar surface area (TPSA) is 87.7 Å². The first kappa shape index (κ1) is 17.4. The highest BCUT2D eigenvalue weighted by Crippen LogP contribution is 2.27. The minimum absolute atomic E-state index is 0.0427. The molecule has 1 aliphatic rings. The number of hydrogen-bond donors (Lipinski definition) is 3. The van der Waals surface area contributed by atoms with E-state index in [0.29, 0.717) is 42.1 Å². The Labute approximate surface area is 140 Å². The molecule has 2 rings (SSSR count). The molecule has 6 nitrogen and oxygen atoms in total. The van der Waals surface area contributed by atoms with Crippen LogP contribution in [0.1, 0.15) is 25.7 Å². The molecule has 1 aliphatic carbocycles. The summed E-state index contributed by atoms with van der Waals surface area (Å²) in [5.41, 5.74) is 0.657. The molecule has 1 aromatic carbocycles. The summed E-state index contributed by atoms with van der Waals surface area (Å²) < 4.78 is 5.21. The number of rotatable bonds is 6. The molecular weight excluding hydrogens is 320 g/mol. The molecule has 1 amide bonds. The predicted molar refractivity (Wildman–Crippen MR) is 88.0 cm³/mol. The largest absolute Gasteiger partial charge is 0.495 e. The van der Waals surface area contributed by atoms with Crippen molar-refractivity contribution >= 4 is 29.2 Å². The number of carboxylic acids is 1. The maximum absolute atomic E-state index is 12.0. The molecule has 1 saturated carbocycles. The second kappa shape index (κ2) is 8.06. The zero-order valence-corrected chi connectivity index (χ0v) is 13.7. The van der Waals surface area contributed by atoms with E-state index in [1.165, 1.54) is 0 Å². The third-order valence-electron chi connectivity index (χ3n) is 4.04. The van der Waals surface area contributed by atoms with Crippen molar-refractivity contribution < 1.29 is 19.4 Å². The van der Waals surface area contributed by atoms with Gasteiger partial charge in [0.1, 0.15) is 5.75 Å². The molecule has 0 aliphatic heterocycles. The SMILES string of the molecule is COc1ccc(Cl)cc1NCC(=O)NC1CCC(C(=O)O)CC1. The van der Waals surface area contributed by atoms with Crippen molar-refractivity contribution in [1.29, 1.82) is 0 Å². The predicted octanol–water partition coefficient (Wildman–Crippen LogP) is 2.52. The van der Waals surface area contributed by atoms with E-state index in [1.54, 1.807) is 25.3 Å². The normalized spacial score (nSPS) is 20.6. The van der Waals surface area contributed by atoms with Gasteiger partial charge in [-0.15, -0.1) is 0 Å². The summed E-state index contributed by atoms with van der Waals surface area (Å²) >= 11 is 5.94. The number of amides is 1. The molecule has 1 fully saturated rings. The zero-order chi connectivity index (χ0) is 16.8. The van der Waals surface area contributed by atoms with Crippen LogP contribution in [-0.2, 0) is 9.59 Å². The van der Waals surface area contributed by atoms with Gasteiger partial charge >= 0.3 is 5.97 Å². The molecule has 0 atom stereocenters. The third-order valence-corrected chi connectivity index (χ3v) is 4.28. The van der Waals surface area contributed by atoms with Crippen LogP contribution in [0, 0.1) is 5.92 Å². The first-order valence-electron chi connectivity index (χ1n) is 7.59. The van der Waals surface area contributed by atoms with Crippen molar-refractivity contribution in [3.05, 3.63) is 23.2 Å². The molecule has 0 saturated heterocycles. The summed E-state index contributed by atoms with van der Waals surface area (Å²) in [5.74, 6) is -0.545. The standard InChI is InChI=1S/C16H21ClN2O4/c1-23-14-7-4-11(17)8-13(14)18-9-15(20)19-12-5-2-10(3-6-12)16(21)22/h4,7-8,10,12,18H,2-3,5-6,9H2,1H3,(H,19,20)(H,21,22). The Morgan fingerprint density at radius 1 is 1.30 bits per heavy atom. The van der Waals surface area contributed by atoms with Crippen LogP contribution in [0.4, 0.5) is 5.69 Å². The average molecular weight is 341 g/mol. The number of halogens is 1. The lowest BCUT2D eigenvalue weighted by Gasteiger charge is -2.27. The maximum atomic E-state index is 12.0. The molecule has 126 valence electrons. The monoisotopic (exact) mass is 340 g/mol. The number of ether oxygens (including phenoxy) is 1. The number of benzene rings is 1. The van der Waals surface area contributed by atoms with E-state index in [9.17, 15) is 9.59 Å².